The molecule has 0 aromatic carbocycles. The van der Waals surface area contributed by atoms with Crippen molar-refractivity contribution in [2.45, 2.75) is 77.7 Å². The normalized spacial score (nSPS) is 10.8. The van der Waals surface area contributed by atoms with E-state index in [9.17, 15) is 4.79 Å². The first-order valence-corrected chi connectivity index (χ1v) is 7.83. The van der Waals surface area contributed by atoms with Crippen molar-refractivity contribution in [3.05, 3.63) is 18.2 Å². The molecule has 1 aromatic rings. The van der Waals surface area contributed by atoms with Gasteiger partial charge in [-0.3, -0.25) is 4.79 Å². The van der Waals surface area contributed by atoms with E-state index < -0.39 is 0 Å². The third kappa shape index (κ3) is 7.81. The Hall–Kier alpha value is -1.12. The van der Waals surface area contributed by atoms with E-state index in [0.717, 1.165) is 12.8 Å². The fourth-order valence-corrected chi connectivity index (χ4v) is 2.34. The summed E-state index contributed by atoms with van der Waals surface area (Å²) in [6.07, 6.45) is 17.9. The molecule has 1 rings (SSSR count). The third-order valence-corrected chi connectivity index (χ3v) is 3.54. The topological polar surface area (TPSA) is 34.9 Å². The largest absolute Gasteiger partial charge is 0.337 e. The number of hydrogen-bond donors (Lipinski definition) is 0. The molecule has 0 bridgehead atoms. The molecule has 3 heteroatoms. The number of aldehydes is 1. The summed E-state index contributed by atoms with van der Waals surface area (Å²) in [5, 5.41) is 0. The molecule has 3 nitrogen and oxygen atoms in total. The first kappa shape index (κ1) is 15.9. The van der Waals surface area contributed by atoms with E-state index in [0.29, 0.717) is 5.69 Å². The van der Waals surface area contributed by atoms with E-state index in [1.54, 1.807) is 6.33 Å². The highest BCUT2D eigenvalue weighted by molar-refractivity contribution is 5.70. The van der Waals surface area contributed by atoms with Crippen molar-refractivity contribution in [1.82, 2.24) is 9.55 Å². The lowest BCUT2D eigenvalue weighted by atomic mass is 10.1. The zero-order chi connectivity index (χ0) is 13.8. The second kappa shape index (κ2) is 10.8. The molecule has 19 heavy (non-hydrogen) atoms. The molecule has 108 valence electrons. The summed E-state index contributed by atoms with van der Waals surface area (Å²) in [6, 6.07) is 0. The van der Waals surface area contributed by atoms with Gasteiger partial charge in [0.2, 0.25) is 0 Å². The predicted molar refractivity (Wildman–Crippen MR) is 79.5 cm³/mol. The van der Waals surface area contributed by atoms with E-state index in [4.69, 9.17) is 0 Å². The highest BCUT2D eigenvalue weighted by atomic mass is 16.1. The van der Waals surface area contributed by atoms with Crippen LogP contribution in [-0.2, 0) is 6.54 Å². The molecular weight excluding hydrogens is 236 g/mol. The average molecular weight is 264 g/mol. The average Bonchev–Trinajstić information content (AvgIpc) is 2.89. The minimum Gasteiger partial charge on any atom is -0.337 e. The minimum absolute atomic E-state index is 0.534. The standard InChI is InChI=1S/C16H28N2O/c1-2-3-4-5-6-7-8-9-10-11-12-18-13-16(14-19)17-15-18/h13-15H,2-12H2,1H3. The van der Waals surface area contributed by atoms with Crippen LogP contribution in [0.25, 0.3) is 0 Å². The van der Waals surface area contributed by atoms with E-state index in [2.05, 4.69) is 11.9 Å². The molecular formula is C16H28N2O. The summed E-state index contributed by atoms with van der Waals surface area (Å²) in [5.41, 5.74) is 0.534. The SMILES string of the molecule is CCCCCCCCCCCCn1cnc(C=O)c1. The van der Waals surface area contributed by atoms with Crippen LogP contribution in [-0.4, -0.2) is 15.8 Å². The van der Waals surface area contributed by atoms with Crippen molar-refractivity contribution in [3.8, 4) is 0 Å². The molecule has 0 atom stereocenters. The Labute approximate surface area is 117 Å². The van der Waals surface area contributed by atoms with E-state index in [1.165, 1.54) is 64.2 Å². The maximum Gasteiger partial charge on any atom is 0.169 e. The highest BCUT2D eigenvalue weighted by Crippen LogP contribution is 2.10. The first-order chi connectivity index (χ1) is 9.36. The molecule has 0 unspecified atom stereocenters. The van der Waals surface area contributed by atoms with E-state index in [-0.39, 0.29) is 0 Å². The van der Waals surface area contributed by atoms with Crippen molar-refractivity contribution < 1.29 is 4.79 Å². The molecule has 0 aliphatic rings. The van der Waals surface area contributed by atoms with Crippen LogP contribution in [0, 0.1) is 0 Å². The number of hydrogen-bond acceptors (Lipinski definition) is 2. The van der Waals surface area contributed by atoms with Crippen LogP contribution in [0.2, 0.25) is 0 Å². The minimum atomic E-state index is 0.534. The molecule has 0 amide bonds. The molecule has 0 saturated carbocycles. The van der Waals surface area contributed by atoms with Crippen molar-refractivity contribution in [2.24, 2.45) is 0 Å². The van der Waals surface area contributed by atoms with Crippen LogP contribution in [0.5, 0.6) is 0 Å². The summed E-state index contributed by atoms with van der Waals surface area (Å²) >= 11 is 0. The number of aromatic nitrogens is 2. The quantitative estimate of drug-likeness (QED) is 0.408. The summed E-state index contributed by atoms with van der Waals surface area (Å²) in [5.74, 6) is 0. The van der Waals surface area contributed by atoms with Gasteiger partial charge in [0.1, 0.15) is 5.69 Å². The Morgan fingerprint density at radius 3 is 2.11 bits per heavy atom. The van der Waals surface area contributed by atoms with Gasteiger partial charge in [-0.05, 0) is 6.42 Å². The summed E-state index contributed by atoms with van der Waals surface area (Å²) in [4.78, 5) is 14.5. The number of aryl methyl sites for hydroxylation is 1. The Kier molecular flexibility index (Phi) is 9.03. The number of imidazole rings is 1. The fourth-order valence-electron chi connectivity index (χ4n) is 2.34. The fraction of sp³-hybridized carbons (Fsp3) is 0.750. The Morgan fingerprint density at radius 2 is 1.58 bits per heavy atom. The summed E-state index contributed by atoms with van der Waals surface area (Å²) in [7, 11) is 0. The zero-order valence-corrected chi connectivity index (χ0v) is 12.3. The van der Waals surface area contributed by atoms with Gasteiger partial charge in [-0.15, -0.1) is 0 Å². The number of unbranched alkanes of at least 4 members (excludes halogenated alkanes) is 9. The van der Waals surface area contributed by atoms with Crippen LogP contribution < -0.4 is 0 Å². The molecule has 0 saturated heterocycles. The van der Waals surface area contributed by atoms with Crippen LogP contribution in [0.4, 0.5) is 0 Å². The number of carbonyl (C=O) groups is 1. The van der Waals surface area contributed by atoms with Crippen LogP contribution in [0.3, 0.4) is 0 Å². The lowest BCUT2D eigenvalue weighted by Gasteiger charge is -2.03. The molecule has 1 heterocycles. The second-order valence-electron chi connectivity index (χ2n) is 5.34. The monoisotopic (exact) mass is 264 g/mol. The van der Waals surface area contributed by atoms with Gasteiger partial charge < -0.3 is 4.57 Å². The van der Waals surface area contributed by atoms with Crippen molar-refractivity contribution in [3.63, 3.8) is 0 Å². The molecule has 0 radical (unpaired) electrons. The van der Waals surface area contributed by atoms with E-state index >= 15 is 0 Å². The number of carbonyl (C=O) groups excluding carboxylic acids is 1. The van der Waals surface area contributed by atoms with Gasteiger partial charge in [0.15, 0.2) is 6.29 Å². The van der Waals surface area contributed by atoms with Crippen molar-refractivity contribution >= 4 is 6.29 Å². The van der Waals surface area contributed by atoms with Gasteiger partial charge in [-0.2, -0.15) is 0 Å². The van der Waals surface area contributed by atoms with Gasteiger partial charge in [-0.25, -0.2) is 4.98 Å². The van der Waals surface area contributed by atoms with E-state index in [1.807, 2.05) is 10.8 Å². The van der Waals surface area contributed by atoms with Crippen LogP contribution in [0.1, 0.15) is 81.6 Å². The Bertz CT molecular complexity index is 333. The molecule has 0 spiro atoms. The van der Waals surface area contributed by atoms with Crippen LogP contribution in [0.15, 0.2) is 12.5 Å². The number of rotatable bonds is 12. The van der Waals surface area contributed by atoms with Crippen LogP contribution >= 0.6 is 0 Å². The lowest BCUT2D eigenvalue weighted by Crippen LogP contribution is -1.94. The van der Waals surface area contributed by atoms with Gasteiger partial charge in [0, 0.05) is 12.7 Å². The maximum atomic E-state index is 10.5. The number of nitrogens with zero attached hydrogens (tertiary/aromatic N) is 2. The molecule has 0 N–H and O–H groups in total. The third-order valence-electron chi connectivity index (χ3n) is 3.54. The van der Waals surface area contributed by atoms with Crippen molar-refractivity contribution in [1.29, 1.82) is 0 Å². The summed E-state index contributed by atoms with van der Waals surface area (Å²) < 4.78 is 2.01. The molecule has 0 aliphatic carbocycles. The first-order valence-electron chi connectivity index (χ1n) is 7.83. The highest BCUT2D eigenvalue weighted by Gasteiger charge is 1.97. The molecule has 0 aliphatic heterocycles. The zero-order valence-electron chi connectivity index (χ0n) is 12.3. The van der Waals surface area contributed by atoms with Gasteiger partial charge in [-0.1, -0.05) is 64.7 Å². The Balaban J connectivity index is 1.87. The van der Waals surface area contributed by atoms with Gasteiger partial charge >= 0.3 is 0 Å². The molecule has 0 fully saturated rings. The molecule has 1 aromatic heterocycles. The maximum absolute atomic E-state index is 10.5. The van der Waals surface area contributed by atoms with Gasteiger partial charge in [0.25, 0.3) is 0 Å². The summed E-state index contributed by atoms with van der Waals surface area (Å²) in [6.45, 7) is 3.25. The predicted octanol–water partition coefficient (Wildman–Crippen LogP) is 4.62. The smallest absolute Gasteiger partial charge is 0.169 e. The Morgan fingerprint density at radius 1 is 1.00 bits per heavy atom. The lowest BCUT2D eigenvalue weighted by molar-refractivity contribution is 0.111. The van der Waals surface area contributed by atoms with Crippen molar-refractivity contribution in [2.75, 3.05) is 0 Å². The second-order valence-corrected chi connectivity index (χ2v) is 5.34. The van der Waals surface area contributed by atoms with Gasteiger partial charge in [0.05, 0.1) is 6.33 Å².